The van der Waals surface area contributed by atoms with Crippen LogP contribution in [-0.4, -0.2) is 44.4 Å². The van der Waals surface area contributed by atoms with Crippen molar-refractivity contribution in [2.24, 2.45) is 21.5 Å². The first kappa shape index (κ1) is 22.6. The van der Waals surface area contributed by atoms with Crippen LogP contribution in [0.15, 0.2) is 46.6 Å². The number of hydrogen-bond acceptors (Lipinski definition) is 10. The first-order valence-corrected chi connectivity index (χ1v) is 11.8. The van der Waals surface area contributed by atoms with Crippen LogP contribution < -0.4 is 27.0 Å². The van der Waals surface area contributed by atoms with E-state index in [9.17, 15) is 0 Å². The molecule has 5 rings (SSSR count). The van der Waals surface area contributed by atoms with Gasteiger partial charge >= 0.3 is 0 Å². The third kappa shape index (κ3) is 4.25. The molecule has 11 heteroatoms. The molecule has 1 aliphatic heterocycles. The number of benzene rings is 1. The molecule has 0 amide bonds. The van der Waals surface area contributed by atoms with E-state index in [1.165, 1.54) is 12.7 Å². The summed E-state index contributed by atoms with van der Waals surface area (Å²) in [6.07, 6.45) is 6.61. The quantitative estimate of drug-likeness (QED) is 0.442. The van der Waals surface area contributed by atoms with Gasteiger partial charge in [0.25, 0.3) is 0 Å². The second kappa shape index (κ2) is 8.90. The minimum atomic E-state index is -0.496. The van der Waals surface area contributed by atoms with E-state index in [2.05, 4.69) is 55.8 Å². The van der Waals surface area contributed by atoms with E-state index in [-0.39, 0.29) is 5.96 Å². The van der Waals surface area contributed by atoms with Crippen molar-refractivity contribution in [2.45, 2.75) is 51.6 Å². The van der Waals surface area contributed by atoms with Gasteiger partial charge in [-0.1, -0.05) is 12.5 Å². The van der Waals surface area contributed by atoms with Crippen molar-refractivity contribution < 1.29 is 0 Å². The van der Waals surface area contributed by atoms with E-state index in [4.69, 9.17) is 16.5 Å². The molecule has 3 aromatic rings. The fourth-order valence-corrected chi connectivity index (χ4v) is 4.88. The molecule has 1 aromatic carbocycles. The highest BCUT2D eigenvalue weighted by atomic mass is 15.4. The van der Waals surface area contributed by atoms with Crippen molar-refractivity contribution in [1.82, 2.24) is 19.7 Å². The number of aryl methyl sites for hydroxylation is 2. The number of hydrogen-bond donors (Lipinski definition) is 4. The van der Waals surface area contributed by atoms with Gasteiger partial charge in [-0.2, -0.15) is 14.8 Å². The van der Waals surface area contributed by atoms with Crippen molar-refractivity contribution in [3.05, 3.63) is 47.9 Å². The Morgan fingerprint density at radius 1 is 1.00 bits per heavy atom. The van der Waals surface area contributed by atoms with Crippen molar-refractivity contribution >= 4 is 34.9 Å². The maximum absolute atomic E-state index is 6.44. The monoisotopic (exact) mass is 473 g/mol. The molecule has 3 heterocycles. The van der Waals surface area contributed by atoms with Gasteiger partial charge in [0, 0.05) is 30.6 Å². The molecule has 6 N–H and O–H groups in total. The van der Waals surface area contributed by atoms with Gasteiger partial charge in [0.05, 0.1) is 5.69 Å². The Morgan fingerprint density at radius 2 is 1.80 bits per heavy atom. The zero-order chi connectivity index (χ0) is 24.6. The Morgan fingerprint density at radius 3 is 2.57 bits per heavy atom. The molecule has 1 saturated carbocycles. The van der Waals surface area contributed by atoms with Crippen LogP contribution in [0.5, 0.6) is 0 Å². The van der Waals surface area contributed by atoms with Gasteiger partial charge in [-0.05, 0) is 57.2 Å². The molecule has 0 bridgehead atoms. The average Bonchev–Trinajstić information content (AvgIpc) is 3.21. The Labute approximate surface area is 204 Å². The second-order valence-corrected chi connectivity index (χ2v) is 9.04. The van der Waals surface area contributed by atoms with Gasteiger partial charge < -0.3 is 22.1 Å². The summed E-state index contributed by atoms with van der Waals surface area (Å²) in [5, 5.41) is 11.2. The number of nitrogens with one attached hydrogen (secondary N) is 2. The molecule has 0 radical (unpaired) electrons. The fraction of sp³-hybridized carbons (Fsp3) is 0.375. The maximum Gasteiger partial charge on any atom is 0.220 e. The SMILES string of the molecule is CNc1cc(-n2nc(C)cc2Nc2cc(N3C(N)=NC(N)=NC34CCCCC4)ccc2C)ncn1. The van der Waals surface area contributed by atoms with Crippen LogP contribution >= 0.6 is 0 Å². The number of anilines is 4. The number of guanidine groups is 2. The molecule has 11 nitrogen and oxygen atoms in total. The van der Waals surface area contributed by atoms with Crippen LogP contribution in [0.3, 0.4) is 0 Å². The van der Waals surface area contributed by atoms with Gasteiger partial charge in [-0.25, -0.2) is 15.0 Å². The lowest BCUT2D eigenvalue weighted by Crippen LogP contribution is -2.58. The molecule has 0 unspecified atom stereocenters. The maximum atomic E-state index is 6.44. The van der Waals surface area contributed by atoms with E-state index in [1.807, 2.05) is 31.0 Å². The van der Waals surface area contributed by atoms with Crippen molar-refractivity contribution in [3.8, 4) is 5.82 Å². The van der Waals surface area contributed by atoms with E-state index in [0.29, 0.717) is 17.6 Å². The van der Waals surface area contributed by atoms with Crippen LogP contribution in [-0.2, 0) is 0 Å². The summed E-state index contributed by atoms with van der Waals surface area (Å²) >= 11 is 0. The smallest absolute Gasteiger partial charge is 0.220 e. The van der Waals surface area contributed by atoms with Crippen LogP contribution in [0.1, 0.15) is 43.4 Å². The fourth-order valence-electron chi connectivity index (χ4n) is 4.88. The lowest BCUT2D eigenvalue weighted by molar-refractivity contribution is 0.305. The van der Waals surface area contributed by atoms with Crippen LogP contribution in [0.4, 0.5) is 23.0 Å². The zero-order valence-electron chi connectivity index (χ0n) is 20.3. The molecule has 1 fully saturated rings. The molecular formula is C24H31N11. The molecule has 0 atom stereocenters. The van der Waals surface area contributed by atoms with Crippen LogP contribution in [0.25, 0.3) is 5.82 Å². The number of aromatic nitrogens is 4. The van der Waals surface area contributed by atoms with E-state index in [0.717, 1.165) is 54.1 Å². The lowest BCUT2D eigenvalue weighted by atomic mass is 9.87. The zero-order valence-corrected chi connectivity index (χ0v) is 20.3. The average molecular weight is 474 g/mol. The normalized spacial score (nSPS) is 17.2. The summed E-state index contributed by atoms with van der Waals surface area (Å²) in [5.74, 6) is 2.78. The molecule has 35 heavy (non-hydrogen) atoms. The largest absolute Gasteiger partial charge is 0.373 e. The highest BCUT2D eigenvalue weighted by Gasteiger charge is 2.42. The summed E-state index contributed by atoms with van der Waals surface area (Å²) in [6.45, 7) is 4.01. The number of nitrogens with two attached hydrogens (primary N) is 2. The van der Waals surface area contributed by atoms with E-state index in [1.54, 1.807) is 4.68 Å². The standard InChI is InChI=1S/C24H31N11/c1-15-7-8-17(34-23(26)31-22(25)32-24(34)9-5-4-6-10-24)12-18(15)30-21-11-16(2)33-35(21)20-13-19(27-3)28-14-29-20/h7-8,11-14,30H,4-6,9-10H2,1-3H3,(H,27,28,29)(H4,25,26,31,32). The topological polar surface area (TPSA) is 148 Å². The first-order chi connectivity index (χ1) is 16.9. The summed E-state index contributed by atoms with van der Waals surface area (Å²) in [4.78, 5) is 19.7. The predicted octanol–water partition coefficient (Wildman–Crippen LogP) is 3.17. The van der Waals surface area contributed by atoms with Gasteiger partial charge in [-0.15, -0.1) is 0 Å². The molecule has 2 aliphatic rings. The van der Waals surface area contributed by atoms with Crippen molar-refractivity contribution in [3.63, 3.8) is 0 Å². The minimum absolute atomic E-state index is 0.247. The molecule has 1 spiro atoms. The lowest BCUT2D eigenvalue weighted by Gasteiger charge is -2.45. The van der Waals surface area contributed by atoms with Gasteiger partial charge in [-0.3, -0.25) is 4.90 Å². The van der Waals surface area contributed by atoms with E-state index >= 15 is 0 Å². The number of rotatable bonds is 5. The third-order valence-electron chi connectivity index (χ3n) is 6.55. The first-order valence-electron chi connectivity index (χ1n) is 11.8. The minimum Gasteiger partial charge on any atom is -0.373 e. The molecular weight excluding hydrogens is 442 g/mol. The summed E-state index contributed by atoms with van der Waals surface area (Å²) in [7, 11) is 1.82. The molecule has 182 valence electrons. The summed E-state index contributed by atoms with van der Waals surface area (Å²) in [5.41, 5.74) is 15.8. The molecule has 1 aliphatic carbocycles. The summed E-state index contributed by atoms with van der Waals surface area (Å²) in [6, 6.07) is 10.0. The highest BCUT2D eigenvalue weighted by Crippen LogP contribution is 2.40. The van der Waals surface area contributed by atoms with Crippen molar-refractivity contribution in [1.29, 1.82) is 0 Å². The second-order valence-electron chi connectivity index (χ2n) is 9.04. The van der Waals surface area contributed by atoms with Gasteiger partial charge in [0.2, 0.25) is 11.9 Å². The third-order valence-corrected chi connectivity index (χ3v) is 6.55. The Kier molecular flexibility index (Phi) is 5.75. The van der Waals surface area contributed by atoms with E-state index < -0.39 is 5.66 Å². The summed E-state index contributed by atoms with van der Waals surface area (Å²) < 4.78 is 1.77. The number of aliphatic imine (C=N–C) groups is 2. The van der Waals surface area contributed by atoms with Crippen LogP contribution in [0.2, 0.25) is 0 Å². The Balaban J connectivity index is 1.52. The molecule has 2 aromatic heterocycles. The van der Waals surface area contributed by atoms with Crippen LogP contribution in [0, 0.1) is 13.8 Å². The van der Waals surface area contributed by atoms with Crippen molar-refractivity contribution in [2.75, 3.05) is 22.6 Å². The van der Waals surface area contributed by atoms with Gasteiger partial charge in [0.1, 0.15) is 23.6 Å². The number of nitrogens with zero attached hydrogens (tertiary/aromatic N) is 7. The predicted molar refractivity (Wildman–Crippen MR) is 139 cm³/mol. The Bertz CT molecular complexity index is 1300. The van der Waals surface area contributed by atoms with Gasteiger partial charge in [0.15, 0.2) is 5.82 Å². The highest BCUT2D eigenvalue weighted by molar-refractivity contribution is 6.05. The molecule has 0 saturated heterocycles. The Hall–Kier alpha value is -4.15.